The number of carboxylic acids is 1. The smallest absolute Gasteiger partial charge is 0.328 e. The Morgan fingerprint density at radius 3 is 2.71 bits per heavy atom. The molecule has 0 aromatic heterocycles. The fourth-order valence-electron chi connectivity index (χ4n) is 2.29. The Balaban J connectivity index is 2.57. The van der Waals surface area contributed by atoms with E-state index in [4.69, 9.17) is 5.11 Å². The van der Waals surface area contributed by atoms with E-state index in [9.17, 15) is 9.59 Å². The van der Waals surface area contributed by atoms with Gasteiger partial charge in [-0.25, -0.2) is 4.79 Å². The number of likely N-dealkylation sites (tertiary alicyclic amines) is 1. The van der Waals surface area contributed by atoms with Crippen LogP contribution in [0.4, 0.5) is 0 Å². The number of amides is 1. The average molecular weight is 240 g/mol. The van der Waals surface area contributed by atoms with Gasteiger partial charge in [0.1, 0.15) is 0 Å². The zero-order valence-electron chi connectivity index (χ0n) is 10.6. The molecule has 1 heterocycles. The van der Waals surface area contributed by atoms with E-state index in [2.05, 4.69) is 10.2 Å². The summed E-state index contributed by atoms with van der Waals surface area (Å²) in [7, 11) is 1.64. The van der Waals surface area contributed by atoms with Gasteiger partial charge in [0, 0.05) is 26.2 Å². The summed E-state index contributed by atoms with van der Waals surface area (Å²) in [5.74, 6) is -0.865. The molecule has 0 spiro atoms. The van der Waals surface area contributed by atoms with Gasteiger partial charge in [-0.05, 0) is 26.8 Å². The highest BCUT2D eigenvalue weighted by molar-refractivity contribution is 5.82. The van der Waals surface area contributed by atoms with E-state index < -0.39 is 5.97 Å². The van der Waals surface area contributed by atoms with Gasteiger partial charge >= 0.3 is 5.97 Å². The minimum atomic E-state index is -0.921. The molecule has 1 unspecified atom stereocenters. The topological polar surface area (TPSA) is 69.6 Å². The molecule has 1 saturated heterocycles. The molecule has 1 amide bonds. The van der Waals surface area contributed by atoms with Crippen LogP contribution in [0, 0.1) is 5.41 Å². The molecule has 2 N–H and O–H groups in total. The summed E-state index contributed by atoms with van der Waals surface area (Å²) in [4.78, 5) is 24.3. The average Bonchev–Trinajstić information content (AvgIpc) is 2.59. The van der Waals surface area contributed by atoms with Gasteiger partial charge in [0.15, 0.2) is 0 Å². The van der Waals surface area contributed by atoms with Crippen LogP contribution in [0.15, 0.2) is 11.6 Å². The number of carbonyl (C=O) groups is 2. The van der Waals surface area contributed by atoms with Gasteiger partial charge in [-0.2, -0.15) is 0 Å². The Morgan fingerprint density at radius 2 is 2.18 bits per heavy atom. The van der Waals surface area contributed by atoms with E-state index in [0.717, 1.165) is 18.5 Å². The van der Waals surface area contributed by atoms with Crippen LogP contribution in [0.5, 0.6) is 0 Å². The molecule has 17 heavy (non-hydrogen) atoms. The number of hydrogen-bond acceptors (Lipinski definition) is 3. The van der Waals surface area contributed by atoms with Gasteiger partial charge in [-0.1, -0.05) is 5.57 Å². The Labute approximate surface area is 101 Å². The Hall–Kier alpha value is -1.36. The molecule has 5 heteroatoms. The van der Waals surface area contributed by atoms with Crippen molar-refractivity contribution in [2.75, 3.05) is 26.7 Å². The summed E-state index contributed by atoms with van der Waals surface area (Å²) in [6, 6.07) is 0. The third-order valence-electron chi connectivity index (χ3n) is 3.17. The number of rotatable bonds is 4. The van der Waals surface area contributed by atoms with Crippen molar-refractivity contribution < 1.29 is 14.7 Å². The third kappa shape index (κ3) is 3.56. The standard InChI is InChI=1S/C12H20N2O3/c1-9(6-10(15)16)7-14-5-4-12(2,8-14)11(17)13-3/h6H,4-5,7-8H2,1-3H3,(H,13,17)(H,15,16). The summed E-state index contributed by atoms with van der Waals surface area (Å²) in [6.45, 7) is 5.86. The van der Waals surface area contributed by atoms with E-state index in [1.807, 2.05) is 6.92 Å². The van der Waals surface area contributed by atoms with Gasteiger partial charge in [0.2, 0.25) is 5.91 Å². The van der Waals surface area contributed by atoms with Crippen molar-refractivity contribution >= 4 is 11.9 Å². The SMILES string of the molecule is CNC(=O)C1(C)CCN(CC(C)=CC(=O)O)C1. The lowest BCUT2D eigenvalue weighted by molar-refractivity contribution is -0.131. The van der Waals surface area contributed by atoms with Crippen LogP contribution in [0.1, 0.15) is 20.3 Å². The lowest BCUT2D eigenvalue weighted by atomic mass is 9.89. The van der Waals surface area contributed by atoms with Crippen LogP contribution in [0.3, 0.4) is 0 Å². The number of carbonyl (C=O) groups excluding carboxylic acids is 1. The number of nitrogens with zero attached hydrogens (tertiary/aromatic N) is 1. The molecule has 5 nitrogen and oxygen atoms in total. The second kappa shape index (κ2) is 5.31. The minimum absolute atomic E-state index is 0.0554. The van der Waals surface area contributed by atoms with E-state index in [1.54, 1.807) is 14.0 Å². The number of aliphatic carboxylic acids is 1. The zero-order chi connectivity index (χ0) is 13.1. The third-order valence-corrected chi connectivity index (χ3v) is 3.17. The molecule has 0 aromatic rings. The maximum absolute atomic E-state index is 11.7. The van der Waals surface area contributed by atoms with Crippen molar-refractivity contribution in [2.24, 2.45) is 5.41 Å². The van der Waals surface area contributed by atoms with Crippen LogP contribution >= 0.6 is 0 Å². The summed E-state index contributed by atoms with van der Waals surface area (Å²) in [5.41, 5.74) is 0.455. The number of hydrogen-bond donors (Lipinski definition) is 2. The first kappa shape index (κ1) is 13.7. The van der Waals surface area contributed by atoms with Gasteiger partial charge < -0.3 is 10.4 Å². The van der Waals surface area contributed by atoms with Crippen LogP contribution in [0.2, 0.25) is 0 Å². The molecule has 96 valence electrons. The molecule has 1 fully saturated rings. The largest absolute Gasteiger partial charge is 0.478 e. The van der Waals surface area contributed by atoms with Gasteiger partial charge in [-0.3, -0.25) is 9.69 Å². The highest BCUT2D eigenvalue weighted by atomic mass is 16.4. The van der Waals surface area contributed by atoms with Crippen LogP contribution < -0.4 is 5.32 Å². The molecule has 0 bridgehead atoms. The summed E-state index contributed by atoms with van der Waals surface area (Å²) < 4.78 is 0. The van der Waals surface area contributed by atoms with Crippen molar-refractivity contribution in [1.29, 1.82) is 0 Å². The first-order valence-corrected chi connectivity index (χ1v) is 5.72. The predicted octanol–water partition coefficient (Wildman–Crippen LogP) is 0.475. The first-order valence-electron chi connectivity index (χ1n) is 5.72. The maximum Gasteiger partial charge on any atom is 0.328 e. The summed E-state index contributed by atoms with van der Waals surface area (Å²) >= 11 is 0. The van der Waals surface area contributed by atoms with Gasteiger partial charge in [-0.15, -0.1) is 0 Å². The van der Waals surface area contributed by atoms with Crippen molar-refractivity contribution in [2.45, 2.75) is 20.3 Å². The molecule has 1 aliphatic heterocycles. The zero-order valence-corrected chi connectivity index (χ0v) is 10.6. The van der Waals surface area contributed by atoms with Gasteiger partial charge in [0.25, 0.3) is 0 Å². The Morgan fingerprint density at radius 1 is 1.53 bits per heavy atom. The fraction of sp³-hybridized carbons (Fsp3) is 0.667. The highest BCUT2D eigenvalue weighted by Gasteiger charge is 2.39. The fourth-order valence-corrected chi connectivity index (χ4v) is 2.29. The quantitative estimate of drug-likeness (QED) is 0.701. The lowest BCUT2D eigenvalue weighted by Gasteiger charge is -2.22. The normalized spacial score (nSPS) is 25.9. The van der Waals surface area contributed by atoms with Crippen molar-refractivity contribution in [1.82, 2.24) is 10.2 Å². The van der Waals surface area contributed by atoms with Crippen LogP contribution in [0.25, 0.3) is 0 Å². The molecule has 1 atom stereocenters. The highest BCUT2D eigenvalue weighted by Crippen LogP contribution is 2.30. The van der Waals surface area contributed by atoms with Crippen molar-refractivity contribution in [3.63, 3.8) is 0 Å². The Bertz CT molecular complexity index is 352. The van der Waals surface area contributed by atoms with Crippen LogP contribution in [-0.4, -0.2) is 48.6 Å². The van der Waals surface area contributed by atoms with Crippen molar-refractivity contribution in [3.8, 4) is 0 Å². The second-order valence-corrected chi connectivity index (χ2v) is 4.93. The molecule has 0 aliphatic carbocycles. The summed E-state index contributed by atoms with van der Waals surface area (Å²) in [5, 5.41) is 11.3. The minimum Gasteiger partial charge on any atom is -0.478 e. The Kier molecular flexibility index (Phi) is 4.28. The van der Waals surface area contributed by atoms with E-state index in [-0.39, 0.29) is 11.3 Å². The van der Waals surface area contributed by atoms with E-state index in [0.29, 0.717) is 13.1 Å². The molecule has 0 aromatic carbocycles. The number of carboxylic acid groups (broad SMARTS) is 1. The lowest BCUT2D eigenvalue weighted by Crippen LogP contribution is -2.39. The molecule has 1 aliphatic rings. The van der Waals surface area contributed by atoms with Crippen LogP contribution in [-0.2, 0) is 9.59 Å². The predicted molar refractivity (Wildman–Crippen MR) is 64.6 cm³/mol. The first-order chi connectivity index (χ1) is 7.87. The molecular weight excluding hydrogens is 220 g/mol. The van der Waals surface area contributed by atoms with E-state index >= 15 is 0 Å². The van der Waals surface area contributed by atoms with E-state index in [1.165, 1.54) is 6.08 Å². The molecular formula is C12H20N2O3. The maximum atomic E-state index is 11.7. The molecule has 0 saturated carbocycles. The van der Waals surface area contributed by atoms with Gasteiger partial charge in [0.05, 0.1) is 5.41 Å². The molecule has 1 rings (SSSR count). The second-order valence-electron chi connectivity index (χ2n) is 4.93. The number of nitrogens with one attached hydrogen (secondary N) is 1. The summed E-state index contributed by atoms with van der Waals surface area (Å²) in [6.07, 6.45) is 2.03. The van der Waals surface area contributed by atoms with Crippen molar-refractivity contribution in [3.05, 3.63) is 11.6 Å². The molecule has 0 radical (unpaired) electrons. The monoisotopic (exact) mass is 240 g/mol.